The summed E-state index contributed by atoms with van der Waals surface area (Å²) in [5.41, 5.74) is 1.32. The van der Waals surface area contributed by atoms with Crippen LogP contribution in [0.2, 0.25) is 0 Å². The van der Waals surface area contributed by atoms with Gasteiger partial charge in [0.1, 0.15) is 18.0 Å². The van der Waals surface area contributed by atoms with Crippen LogP contribution < -0.4 is 15.1 Å². The molecule has 2 saturated heterocycles. The summed E-state index contributed by atoms with van der Waals surface area (Å²) in [7, 11) is 2.10. The van der Waals surface area contributed by atoms with Crippen molar-refractivity contribution in [2.45, 2.75) is 25.4 Å². The molecule has 0 saturated carbocycles. The highest BCUT2D eigenvalue weighted by Crippen LogP contribution is 2.22. The van der Waals surface area contributed by atoms with E-state index in [9.17, 15) is 0 Å². The number of morpholine rings is 1. The van der Waals surface area contributed by atoms with Gasteiger partial charge in [-0.3, -0.25) is 0 Å². The van der Waals surface area contributed by atoms with E-state index in [0.29, 0.717) is 6.04 Å². The number of nitrogens with one attached hydrogen (secondary N) is 1. The highest BCUT2D eigenvalue weighted by molar-refractivity contribution is 5.50. The Hall–Kier alpha value is -2.12. The minimum absolute atomic E-state index is 0.487. The number of hydrogen-bond acceptors (Lipinski definition) is 6. The maximum atomic E-state index is 5.44. The van der Waals surface area contributed by atoms with Crippen molar-refractivity contribution < 1.29 is 4.74 Å². The summed E-state index contributed by atoms with van der Waals surface area (Å²) in [6.45, 7) is 6.30. The third-order valence-corrected chi connectivity index (χ3v) is 5.34. The first-order chi connectivity index (χ1) is 12.8. The molecule has 2 aliphatic heterocycles. The second-order valence-corrected chi connectivity index (χ2v) is 7.11. The molecule has 7 nitrogen and oxygen atoms in total. The standard InChI is InChI=1S/C19H28N6O/c1-23-6-3-5-17(23)13-20-16-4-2-7-25(14-16)19-12-18(21-15-22-19)24-8-10-26-11-9-24/h3,5-6,12,15-16,20H,2,4,7-11,13-14H2,1H3. The fourth-order valence-corrected chi connectivity index (χ4v) is 3.76. The van der Waals surface area contributed by atoms with Crippen molar-refractivity contribution in [1.29, 1.82) is 0 Å². The van der Waals surface area contributed by atoms with Crippen molar-refractivity contribution in [1.82, 2.24) is 19.9 Å². The van der Waals surface area contributed by atoms with Crippen LogP contribution in [0.4, 0.5) is 11.6 Å². The summed E-state index contributed by atoms with van der Waals surface area (Å²) in [6, 6.07) is 6.89. The summed E-state index contributed by atoms with van der Waals surface area (Å²) in [4.78, 5) is 13.7. The van der Waals surface area contributed by atoms with Crippen molar-refractivity contribution in [3.63, 3.8) is 0 Å². The summed E-state index contributed by atoms with van der Waals surface area (Å²) in [6.07, 6.45) is 6.18. The molecule has 4 heterocycles. The Morgan fingerprint density at radius 3 is 2.73 bits per heavy atom. The molecule has 2 fully saturated rings. The molecule has 2 aliphatic rings. The second-order valence-electron chi connectivity index (χ2n) is 7.11. The van der Waals surface area contributed by atoms with E-state index >= 15 is 0 Å². The lowest BCUT2D eigenvalue weighted by molar-refractivity contribution is 0.122. The lowest BCUT2D eigenvalue weighted by Gasteiger charge is -2.35. The van der Waals surface area contributed by atoms with Gasteiger partial charge in [0.2, 0.25) is 0 Å². The summed E-state index contributed by atoms with van der Waals surface area (Å²) in [5.74, 6) is 2.05. The molecule has 1 unspecified atom stereocenters. The maximum Gasteiger partial charge on any atom is 0.134 e. The molecule has 26 heavy (non-hydrogen) atoms. The van der Waals surface area contributed by atoms with Gasteiger partial charge < -0.3 is 24.4 Å². The predicted octanol–water partition coefficient (Wildman–Crippen LogP) is 1.41. The van der Waals surface area contributed by atoms with Crippen molar-refractivity contribution in [3.05, 3.63) is 36.4 Å². The van der Waals surface area contributed by atoms with Gasteiger partial charge in [0, 0.05) is 63.8 Å². The fraction of sp³-hybridized carbons (Fsp3) is 0.579. The Morgan fingerprint density at radius 1 is 1.15 bits per heavy atom. The van der Waals surface area contributed by atoms with E-state index in [1.807, 2.05) is 0 Å². The smallest absolute Gasteiger partial charge is 0.134 e. The van der Waals surface area contributed by atoms with Crippen LogP contribution in [0.25, 0.3) is 0 Å². The molecule has 0 spiro atoms. The maximum absolute atomic E-state index is 5.44. The predicted molar refractivity (Wildman–Crippen MR) is 103 cm³/mol. The monoisotopic (exact) mass is 356 g/mol. The molecular weight excluding hydrogens is 328 g/mol. The van der Waals surface area contributed by atoms with Crippen LogP contribution in [-0.4, -0.2) is 60.0 Å². The number of piperidine rings is 1. The quantitative estimate of drug-likeness (QED) is 0.874. The van der Waals surface area contributed by atoms with E-state index in [1.54, 1.807) is 6.33 Å². The van der Waals surface area contributed by atoms with Gasteiger partial charge in [-0.05, 0) is 25.0 Å². The number of aryl methyl sites for hydroxylation is 1. The van der Waals surface area contributed by atoms with Crippen LogP contribution in [0.15, 0.2) is 30.7 Å². The Balaban J connectivity index is 1.38. The lowest BCUT2D eigenvalue weighted by Crippen LogP contribution is -2.46. The molecule has 4 rings (SSSR count). The average molecular weight is 356 g/mol. The fourth-order valence-electron chi connectivity index (χ4n) is 3.76. The number of nitrogens with zero attached hydrogens (tertiary/aromatic N) is 5. The number of rotatable bonds is 5. The number of ether oxygens (including phenoxy) is 1. The van der Waals surface area contributed by atoms with Gasteiger partial charge in [-0.2, -0.15) is 0 Å². The van der Waals surface area contributed by atoms with E-state index in [0.717, 1.165) is 57.6 Å². The largest absolute Gasteiger partial charge is 0.378 e. The highest BCUT2D eigenvalue weighted by Gasteiger charge is 2.22. The number of aromatic nitrogens is 3. The van der Waals surface area contributed by atoms with Gasteiger partial charge in [0.15, 0.2) is 0 Å². The van der Waals surface area contributed by atoms with E-state index in [4.69, 9.17) is 4.74 Å². The van der Waals surface area contributed by atoms with Crippen molar-refractivity contribution in [3.8, 4) is 0 Å². The van der Waals surface area contributed by atoms with E-state index in [-0.39, 0.29) is 0 Å². The van der Waals surface area contributed by atoms with Gasteiger partial charge in [0.25, 0.3) is 0 Å². The zero-order valence-electron chi connectivity index (χ0n) is 15.5. The van der Waals surface area contributed by atoms with Crippen molar-refractivity contribution in [2.75, 3.05) is 49.2 Å². The van der Waals surface area contributed by atoms with Crippen molar-refractivity contribution >= 4 is 11.6 Å². The first-order valence-corrected chi connectivity index (χ1v) is 9.53. The van der Waals surface area contributed by atoms with Gasteiger partial charge in [-0.15, -0.1) is 0 Å². The van der Waals surface area contributed by atoms with Gasteiger partial charge in [-0.25, -0.2) is 9.97 Å². The lowest BCUT2D eigenvalue weighted by atomic mass is 10.1. The molecule has 0 radical (unpaired) electrons. The minimum Gasteiger partial charge on any atom is -0.378 e. The van der Waals surface area contributed by atoms with Crippen LogP contribution in [-0.2, 0) is 18.3 Å². The Morgan fingerprint density at radius 2 is 1.96 bits per heavy atom. The first-order valence-electron chi connectivity index (χ1n) is 9.53. The highest BCUT2D eigenvalue weighted by atomic mass is 16.5. The normalized spacial score (nSPS) is 21.2. The molecular formula is C19H28N6O. The minimum atomic E-state index is 0.487. The molecule has 0 aromatic carbocycles. The van der Waals surface area contributed by atoms with Gasteiger partial charge in [0.05, 0.1) is 13.2 Å². The van der Waals surface area contributed by atoms with Crippen LogP contribution >= 0.6 is 0 Å². The Labute approximate surface area is 155 Å². The van der Waals surface area contributed by atoms with Crippen molar-refractivity contribution in [2.24, 2.45) is 7.05 Å². The third-order valence-electron chi connectivity index (χ3n) is 5.34. The summed E-state index contributed by atoms with van der Waals surface area (Å²) >= 11 is 0. The SMILES string of the molecule is Cn1cccc1CNC1CCCN(c2cc(N3CCOCC3)ncn2)C1. The summed E-state index contributed by atoms with van der Waals surface area (Å²) < 4.78 is 7.62. The van der Waals surface area contributed by atoms with Gasteiger partial charge in [-0.1, -0.05) is 0 Å². The van der Waals surface area contributed by atoms with E-state index in [2.05, 4.69) is 61.1 Å². The topological polar surface area (TPSA) is 58.5 Å². The molecule has 2 aromatic heterocycles. The van der Waals surface area contributed by atoms with Gasteiger partial charge >= 0.3 is 0 Å². The molecule has 0 bridgehead atoms. The molecule has 1 N–H and O–H groups in total. The van der Waals surface area contributed by atoms with E-state index in [1.165, 1.54) is 18.5 Å². The van der Waals surface area contributed by atoms with Crippen LogP contribution in [0.1, 0.15) is 18.5 Å². The summed E-state index contributed by atoms with van der Waals surface area (Å²) in [5, 5.41) is 3.71. The molecule has 140 valence electrons. The zero-order chi connectivity index (χ0) is 17.8. The average Bonchev–Trinajstić information content (AvgIpc) is 3.12. The van der Waals surface area contributed by atoms with Crippen LogP contribution in [0.3, 0.4) is 0 Å². The third kappa shape index (κ3) is 3.99. The molecule has 7 heteroatoms. The Bertz CT molecular complexity index is 712. The second kappa shape index (κ2) is 8.05. The molecule has 2 aromatic rings. The van der Waals surface area contributed by atoms with E-state index < -0.39 is 0 Å². The van der Waals surface area contributed by atoms with Crippen LogP contribution in [0.5, 0.6) is 0 Å². The molecule has 0 amide bonds. The first kappa shape index (κ1) is 17.3. The number of anilines is 2. The Kier molecular flexibility index (Phi) is 5.36. The zero-order valence-corrected chi connectivity index (χ0v) is 15.5. The molecule has 0 aliphatic carbocycles. The molecule has 1 atom stereocenters. The number of hydrogen-bond donors (Lipinski definition) is 1. The van der Waals surface area contributed by atoms with Crippen LogP contribution in [0, 0.1) is 0 Å².